The predicted octanol–water partition coefficient (Wildman–Crippen LogP) is 4.18. The number of halogens is 1. The number of para-hydroxylation sites is 1. The van der Waals surface area contributed by atoms with E-state index < -0.39 is 35.6 Å². The Hall–Kier alpha value is -2.49. The molecule has 2 bridgehead atoms. The second-order valence-corrected chi connectivity index (χ2v) is 12.9. The number of hydrogen-bond donors (Lipinski definition) is 1. The maximum atomic E-state index is 14.5. The Morgan fingerprint density at radius 2 is 1.85 bits per heavy atom. The monoisotopic (exact) mass is 629 g/mol. The van der Waals surface area contributed by atoms with Gasteiger partial charge in [0.15, 0.2) is 0 Å². The van der Waals surface area contributed by atoms with E-state index in [1.807, 2.05) is 44.2 Å². The maximum absolute atomic E-state index is 14.5. The van der Waals surface area contributed by atoms with Gasteiger partial charge in [-0.2, -0.15) is 0 Å². The molecular weight excluding hydrogens is 586 g/mol. The summed E-state index contributed by atoms with van der Waals surface area (Å²) in [5.41, 5.74) is -0.477. The summed E-state index contributed by atoms with van der Waals surface area (Å²) in [5.74, 6) is -2.48. The molecule has 3 unspecified atom stereocenters. The van der Waals surface area contributed by atoms with Crippen molar-refractivity contribution in [2.24, 2.45) is 17.8 Å². The maximum Gasteiger partial charge on any atom is 0.248 e. The van der Waals surface area contributed by atoms with Crippen LogP contribution in [0.3, 0.4) is 0 Å². The van der Waals surface area contributed by atoms with Gasteiger partial charge in [0.1, 0.15) is 11.6 Å². The van der Waals surface area contributed by atoms with Gasteiger partial charge in [0.05, 0.1) is 30.6 Å². The third-order valence-corrected chi connectivity index (χ3v) is 9.74. The van der Waals surface area contributed by atoms with Gasteiger partial charge >= 0.3 is 0 Å². The number of fused-ring (bicyclic) bond motifs is 1. The van der Waals surface area contributed by atoms with Crippen LogP contribution >= 0.6 is 15.9 Å². The van der Waals surface area contributed by atoms with Crippen molar-refractivity contribution in [3.8, 4) is 0 Å². The third-order valence-electron chi connectivity index (χ3n) is 8.90. The molecule has 0 radical (unpaired) electrons. The summed E-state index contributed by atoms with van der Waals surface area (Å²) in [6.45, 7) is 14.5. The lowest BCUT2D eigenvalue weighted by Gasteiger charge is -2.40. The molecule has 7 atom stereocenters. The molecule has 3 aliphatic rings. The summed E-state index contributed by atoms with van der Waals surface area (Å²) in [4.78, 5) is 48.1. The number of hydrogen-bond acceptors (Lipinski definition) is 5. The van der Waals surface area contributed by atoms with E-state index in [-0.39, 0.29) is 41.6 Å². The normalized spacial score (nSPS) is 29.0. The lowest BCUT2D eigenvalue weighted by molar-refractivity contribution is -0.152. The number of unbranched alkanes of at least 4 members (excludes halogenated alkanes) is 2. The van der Waals surface area contributed by atoms with Crippen molar-refractivity contribution in [3.63, 3.8) is 0 Å². The zero-order chi connectivity index (χ0) is 29.9. The molecule has 3 aliphatic heterocycles. The molecule has 0 saturated carbocycles. The fourth-order valence-electron chi connectivity index (χ4n) is 7.02. The first-order chi connectivity index (χ1) is 19.7. The highest BCUT2D eigenvalue weighted by atomic mass is 79.9. The number of nitrogens with zero attached hydrogens (tertiary/aromatic N) is 3. The first kappa shape index (κ1) is 31.4. The van der Waals surface area contributed by atoms with Crippen LogP contribution in [0.4, 0.5) is 5.69 Å². The molecule has 1 aromatic rings. The standard InChI is InChI=1S/C32H44BrN3O5/c1-6-9-13-18-34(16-7-2)31(40)28-32-19-23(33)27(41-32)25(26(32)30(39)36(28)24(20-37)21(4)5)29(38)35(17-8-3)22-14-11-10-12-15-22/h7-8,10-12,14-15,21,23-28,37H,2-3,6,9,13,16-20H2,1,4-5H3/t23?,24-,25+,26-,27+,28?,32?/m0/s1. The number of rotatable bonds is 14. The van der Waals surface area contributed by atoms with Gasteiger partial charge in [-0.15, -0.1) is 13.2 Å². The highest BCUT2D eigenvalue weighted by Crippen LogP contribution is 2.61. The smallest absolute Gasteiger partial charge is 0.248 e. The number of alkyl halides is 1. The molecule has 1 N–H and O–H groups in total. The average Bonchev–Trinajstić information content (AvgIpc) is 3.55. The van der Waals surface area contributed by atoms with Gasteiger partial charge in [-0.25, -0.2) is 0 Å². The van der Waals surface area contributed by atoms with Crippen LogP contribution in [0, 0.1) is 17.8 Å². The fourth-order valence-corrected chi connectivity index (χ4v) is 7.96. The van der Waals surface area contributed by atoms with Crippen LogP contribution < -0.4 is 4.90 Å². The molecular formula is C32H44BrN3O5. The number of carbonyl (C=O) groups excluding carboxylic acids is 3. The molecule has 8 nitrogen and oxygen atoms in total. The Morgan fingerprint density at radius 3 is 2.44 bits per heavy atom. The zero-order valence-corrected chi connectivity index (χ0v) is 26.0. The number of likely N-dealkylation sites (tertiary alicyclic amines) is 1. The van der Waals surface area contributed by atoms with Gasteiger partial charge in [-0.05, 0) is 30.9 Å². The number of carbonyl (C=O) groups is 3. The van der Waals surface area contributed by atoms with Gasteiger partial charge in [0.2, 0.25) is 17.7 Å². The minimum Gasteiger partial charge on any atom is -0.394 e. The van der Waals surface area contributed by atoms with Crippen molar-refractivity contribution in [3.05, 3.63) is 55.6 Å². The minimum absolute atomic E-state index is 0.116. The van der Waals surface area contributed by atoms with Crippen LogP contribution in [-0.4, -0.2) is 87.5 Å². The van der Waals surface area contributed by atoms with E-state index in [0.717, 1.165) is 19.3 Å². The Labute approximate surface area is 252 Å². The van der Waals surface area contributed by atoms with E-state index in [1.165, 1.54) is 0 Å². The van der Waals surface area contributed by atoms with Crippen molar-refractivity contribution < 1.29 is 24.2 Å². The minimum atomic E-state index is -1.18. The van der Waals surface area contributed by atoms with Crippen molar-refractivity contribution >= 4 is 39.3 Å². The summed E-state index contributed by atoms with van der Waals surface area (Å²) in [7, 11) is 0. The molecule has 1 spiro atoms. The highest BCUT2D eigenvalue weighted by molar-refractivity contribution is 9.09. The van der Waals surface area contributed by atoms with Crippen LogP contribution in [0.2, 0.25) is 0 Å². The van der Waals surface area contributed by atoms with Crippen LogP contribution in [0.5, 0.6) is 0 Å². The molecule has 4 rings (SSSR count). The van der Waals surface area contributed by atoms with Gasteiger partial charge in [-0.1, -0.05) is 79.9 Å². The van der Waals surface area contributed by atoms with Gasteiger partial charge in [-0.3, -0.25) is 14.4 Å². The molecule has 224 valence electrons. The molecule has 3 heterocycles. The molecule has 3 amide bonds. The van der Waals surface area contributed by atoms with Crippen LogP contribution in [0.15, 0.2) is 55.6 Å². The van der Waals surface area contributed by atoms with Gasteiger partial charge < -0.3 is 24.5 Å². The first-order valence-corrected chi connectivity index (χ1v) is 15.7. The number of benzene rings is 1. The average molecular weight is 631 g/mol. The van der Waals surface area contributed by atoms with E-state index in [9.17, 15) is 19.5 Å². The van der Waals surface area contributed by atoms with Crippen molar-refractivity contribution in [1.29, 1.82) is 0 Å². The van der Waals surface area contributed by atoms with Crippen molar-refractivity contribution in [1.82, 2.24) is 9.80 Å². The first-order valence-electron chi connectivity index (χ1n) is 14.8. The summed E-state index contributed by atoms with van der Waals surface area (Å²) in [6.07, 6.45) is 6.04. The second kappa shape index (κ2) is 13.2. The van der Waals surface area contributed by atoms with Crippen LogP contribution in [0.25, 0.3) is 0 Å². The SMILES string of the molecule is C=CCN(CCCCC)C(=O)C1N([C@@H](CO)C(C)C)C(=O)[C@@H]2[C@@H](C(=O)N(CC=C)c3ccccc3)[C@@H]3OC12CC3Br. The van der Waals surface area contributed by atoms with Crippen molar-refractivity contribution in [2.45, 2.75) is 75.1 Å². The van der Waals surface area contributed by atoms with E-state index in [4.69, 9.17) is 4.74 Å². The lowest BCUT2D eigenvalue weighted by atomic mass is 9.70. The van der Waals surface area contributed by atoms with Crippen molar-refractivity contribution in [2.75, 3.05) is 31.1 Å². The third kappa shape index (κ3) is 5.53. The molecule has 3 fully saturated rings. The number of aliphatic hydroxyl groups excluding tert-OH is 1. The fraction of sp³-hybridized carbons (Fsp3) is 0.594. The molecule has 0 aromatic heterocycles. The van der Waals surface area contributed by atoms with Gasteiger partial charge in [0.25, 0.3) is 0 Å². The molecule has 3 saturated heterocycles. The zero-order valence-electron chi connectivity index (χ0n) is 24.5. The van der Waals surface area contributed by atoms with Crippen LogP contribution in [0.1, 0.15) is 46.5 Å². The van der Waals surface area contributed by atoms with Gasteiger partial charge in [0, 0.05) is 30.1 Å². The van der Waals surface area contributed by atoms with Crippen LogP contribution in [-0.2, 0) is 19.1 Å². The molecule has 9 heteroatoms. The topological polar surface area (TPSA) is 90.4 Å². The number of ether oxygens (including phenoxy) is 1. The predicted molar refractivity (Wildman–Crippen MR) is 164 cm³/mol. The highest BCUT2D eigenvalue weighted by Gasteiger charge is 2.77. The Morgan fingerprint density at radius 1 is 1.17 bits per heavy atom. The second-order valence-electron chi connectivity index (χ2n) is 11.8. The van der Waals surface area contributed by atoms with E-state index in [0.29, 0.717) is 25.2 Å². The molecule has 1 aromatic carbocycles. The van der Waals surface area contributed by atoms with E-state index in [1.54, 1.807) is 26.9 Å². The Balaban J connectivity index is 1.80. The molecule has 0 aliphatic carbocycles. The summed E-state index contributed by atoms with van der Waals surface area (Å²) < 4.78 is 6.72. The lowest BCUT2D eigenvalue weighted by Crippen LogP contribution is -2.60. The number of amides is 3. The summed E-state index contributed by atoms with van der Waals surface area (Å²) >= 11 is 3.76. The van der Waals surface area contributed by atoms with E-state index in [2.05, 4.69) is 36.0 Å². The number of anilines is 1. The molecule has 41 heavy (non-hydrogen) atoms. The number of aliphatic hydroxyl groups is 1. The Bertz CT molecular complexity index is 1130. The summed E-state index contributed by atoms with van der Waals surface area (Å²) in [6, 6.07) is 7.78. The summed E-state index contributed by atoms with van der Waals surface area (Å²) in [5, 5.41) is 10.5. The largest absolute Gasteiger partial charge is 0.394 e. The Kier molecular flexibility index (Phi) is 10.1. The van der Waals surface area contributed by atoms with E-state index >= 15 is 0 Å². The quantitative estimate of drug-likeness (QED) is 0.189.